The van der Waals surface area contributed by atoms with Gasteiger partial charge in [-0.1, -0.05) is 71.9 Å². The van der Waals surface area contributed by atoms with Crippen LogP contribution in [0.3, 0.4) is 0 Å². The molecule has 0 saturated carbocycles. The summed E-state index contributed by atoms with van der Waals surface area (Å²) < 4.78 is 1.57. The second-order valence-electron chi connectivity index (χ2n) is 7.02. The first-order valence-electron chi connectivity index (χ1n) is 9.90. The first-order chi connectivity index (χ1) is 15.5. The van der Waals surface area contributed by atoms with Crippen LogP contribution < -0.4 is 10.9 Å². The lowest BCUT2D eigenvalue weighted by Gasteiger charge is -2.15. The van der Waals surface area contributed by atoms with E-state index in [-0.39, 0.29) is 11.5 Å². The van der Waals surface area contributed by atoms with Crippen LogP contribution in [0.15, 0.2) is 82.6 Å². The predicted molar refractivity (Wildman–Crippen MR) is 135 cm³/mol. The van der Waals surface area contributed by atoms with Gasteiger partial charge in [0.15, 0.2) is 5.16 Å². The van der Waals surface area contributed by atoms with E-state index < -0.39 is 5.25 Å². The van der Waals surface area contributed by atoms with Crippen LogP contribution >= 0.6 is 34.7 Å². The van der Waals surface area contributed by atoms with Gasteiger partial charge in [0, 0.05) is 17.5 Å². The monoisotopic (exact) mass is 481 g/mol. The van der Waals surface area contributed by atoms with E-state index in [0.29, 0.717) is 32.6 Å². The Balaban J connectivity index is 1.68. The Morgan fingerprint density at radius 1 is 1.25 bits per heavy atom. The van der Waals surface area contributed by atoms with Gasteiger partial charge in [0.05, 0.1) is 21.3 Å². The maximum Gasteiger partial charge on any atom is 0.263 e. The lowest BCUT2D eigenvalue weighted by molar-refractivity contribution is -0.115. The highest BCUT2D eigenvalue weighted by Crippen LogP contribution is 2.33. The van der Waals surface area contributed by atoms with Gasteiger partial charge >= 0.3 is 0 Å². The van der Waals surface area contributed by atoms with Crippen molar-refractivity contribution in [1.29, 1.82) is 0 Å². The van der Waals surface area contributed by atoms with E-state index >= 15 is 0 Å². The number of nitrogens with one attached hydrogen (secondary N) is 1. The molecule has 1 atom stereocenters. The molecule has 2 aromatic carbocycles. The van der Waals surface area contributed by atoms with Crippen LogP contribution in [0, 0.1) is 0 Å². The Kier molecular flexibility index (Phi) is 6.79. The Bertz CT molecular complexity index is 1350. The summed E-state index contributed by atoms with van der Waals surface area (Å²) >= 11 is 8.81. The molecule has 1 unspecified atom stereocenters. The van der Waals surface area contributed by atoms with Crippen molar-refractivity contribution in [2.24, 2.45) is 0 Å². The molecule has 0 aliphatic heterocycles. The Morgan fingerprint density at radius 2 is 1.97 bits per heavy atom. The molecule has 0 aliphatic carbocycles. The fourth-order valence-corrected chi connectivity index (χ4v) is 5.31. The number of thioether (sulfide) groups is 1. The van der Waals surface area contributed by atoms with Crippen molar-refractivity contribution < 1.29 is 4.79 Å². The Hall–Kier alpha value is -2.87. The predicted octanol–water partition coefficient (Wildman–Crippen LogP) is 6.08. The maximum atomic E-state index is 13.4. The largest absolute Gasteiger partial charge is 0.324 e. The fourth-order valence-electron chi connectivity index (χ4n) is 3.22. The minimum Gasteiger partial charge on any atom is -0.324 e. The summed E-state index contributed by atoms with van der Waals surface area (Å²) in [6.07, 6.45) is 1.65. The summed E-state index contributed by atoms with van der Waals surface area (Å²) in [5, 5.41) is 5.82. The summed E-state index contributed by atoms with van der Waals surface area (Å²) in [5.41, 5.74) is 2.23. The zero-order valence-corrected chi connectivity index (χ0v) is 19.6. The van der Waals surface area contributed by atoms with Gasteiger partial charge in [-0.25, -0.2) is 4.98 Å². The van der Waals surface area contributed by atoms with Gasteiger partial charge in [0.25, 0.3) is 5.56 Å². The van der Waals surface area contributed by atoms with Crippen molar-refractivity contribution in [2.45, 2.75) is 23.9 Å². The number of para-hydroxylation sites is 1. The van der Waals surface area contributed by atoms with Crippen LogP contribution in [-0.4, -0.2) is 20.7 Å². The van der Waals surface area contributed by atoms with Gasteiger partial charge in [0.2, 0.25) is 5.91 Å². The number of nitrogens with zero attached hydrogens (tertiary/aromatic N) is 2. The minimum atomic E-state index is -0.500. The van der Waals surface area contributed by atoms with Crippen LogP contribution in [-0.2, 0) is 11.3 Å². The molecule has 8 heteroatoms. The molecular weight excluding hydrogens is 462 g/mol. The second-order valence-corrected chi connectivity index (χ2v) is 9.60. The van der Waals surface area contributed by atoms with Crippen LogP contribution in [0.25, 0.3) is 21.3 Å². The van der Waals surface area contributed by atoms with Gasteiger partial charge in [-0.05, 0) is 24.6 Å². The van der Waals surface area contributed by atoms with E-state index in [9.17, 15) is 9.59 Å². The molecule has 4 rings (SSSR count). The number of halogens is 1. The van der Waals surface area contributed by atoms with E-state index in [2.05, 4.69) is 11.9 Å². The lowest BCUT2D eigenvalue weighted by Crippen LogP contribution is -2.26. The van der Waals surface area contributed by atoms with Crippen LogP contribution in [0.4, 0.5) is 5.69 Å². The molecule has 0 bridgehead atoms. The van der Waals surface area contributed by atoms with E-state index in [1.807, 2.05) is 35.7 Å². The van der Waals surface area contributed by atoms with Gasteiger partial charge in [-0.3, -0.25) is 14.2 Å². The molecule has 2 heterocycles. The van der Waals surface area contributed by atoms with Gasteiger partial charge < -0.3 is 5.32 Å². The number of carbonyl (C=O) groups is 1. The maximum absolute atomic E-state index is 13.4. The van der Waals surface area contributed by atoms with E-state index in [1.165, 1.54) is 23.1 Å². The number of anilines is 1. The van der Waals surface area contributed by atoms with Crippen LogP contribution in [0.1, 0.15) is 6.92 Å². The van der Waals surface area contributed by atoms with Crippen LogP contribution in [0.5, 0.6) is 0 Å². The summed E-state index contributed by atoms with van der Waals surface area (Å²) in [5.74, 6) is -0.223. The van der Waals surface area contributed by atoms with Gasteiger partial charge in [0.1, 0.15) is 4.83 Å². The number of hydrogen-bond donors (Lipinski definition) is 1. The molecule has 1 amide bonds. The van der Waals surface area contributed by atoms with Crippen LogP contribution in [0.2, 0.25) is 5.02 Å². The van der Waals surface area contributed by atoms with Gasteiger partial charge in [-0.15, -0.1) is 17.9 Å². The highest BCUT2D eigenvalue weighted by molar-refractivity contribution is 8.00. The van der Waals surface area contributed by atoms with Crippen molar-refractivity contribution in [3.8, 4) is 11.1 Å². The van der Waals surface area contributed by atoms with E-state index in [1.54, 1.807) is 41.8 Å². The van der Waals surface area contributed by atoms with Crippen molar-refractivity contribution in [2.75, 3.05) is 5.32 Å². The Morgan fingerprint density at radius 3 is 2.69 bits per heavy atom. The molecule has 32 heavy (non-hydrogen) atoms. The topological polar surface area (TPSA) is 64.0 Å². The fraction of sp³-hybridized carbons (Fsp3) is 0.125. The third kappa shape index (κ3) is 4.50. The molecule has 0 spiro atoms. The van der Waals surface area contributed by atoms with Crippen molar-refractivity contribution >= 4 is 56.5 Å². The molecule has 2 aromatic heterocycles. The molecule has 162 valence electrons. The van der Waals surface area contributed by atoms with E-state index in [4.69, 9.17) is 16.6 Å². The van der Waals surface area contributed by atoms with Crippen molar-refractivity contribution in [1.82, 2.24) is 9.55 Å². The minimum absolute atomic E-state index is 0.142. The number of benzene rings is 2. The molecule has 1 N–H and O–H groups in total. The quantitative estimate of drug-likeness (QED) is 0.197. The number of thiophene rings is 1. The van der Waals surface area contributed by atoms with Crippen molar-refractivity contribution in [3.63, 3.8) is 0 Å². The summed E-state index contributed by atoms with van der Waals surface area (Å²) in [4.78, 5) is 31.6. The average Bonchev–Trinajstić information content (AvgIpc) is 3.22. The van der Waals surface area contributed by atoms with Gasteiger partial charge in [-0.2, -0.15) is 0 Å². The smallest absolute Gasteiger partial charge is 0.263 e. The highest BCUT2D eigenvalue weighted by atomic mass is 35.5. The number of amides is 1. The number of carbonyl (C=O) groups excluding carboxylic acids is 1. The average molecular weight is 482 g/mol. The summed E-state index contributed by atoms with van der Waals surface area (Å²) in [7, 11) is 0. The molecule has 0 aliphatic rings. The zero-order chi connectivity index (χ0) is 22.7. The number of fused-ring (bicyclic) bond motifs is 1. The number of rotatable bonds is 7. The molecule has 5 nitrogen and oxygen atoms in total. The number of aromatic nitrogens is 2. The zero-order valence-electron chi connectivity index (χ0n) is 17.2. The standard InChI is InChI=1S/C24H20ClN3O2S2/c1-3-13-28-23(30)20-17(16-9-5-4-6-10-16)14-31-22(20)27-24(28)32-15(2)21(29)26-19-12-8-7-11-18(19)25/h3-12,14-15H,1,13H2,2H3,(H,26,29). The van der Waals surface area contributed by atoms with Crippen molar-refractivity contribution in [3.05, 3.63) is 88.0 Å². The number of hydrogen-bond acceptors (Lipinski definition) is 5. The molecule has 0 fully saturated rings. The third-order valence-corrected chi connectivity index (χ3v) is 7.13. The third-order valence-electron chi connectivity index (χ3n) is 4.84. The lowest BCUT2D eigenvalue weighted by atomic mass is 10.1. The highest BCUT2D eigenvalue weighted by Gasteiger charge is 2.22. The number of allylic oxidation sites excluding steroid dienone is 1. The molecule has 0 saturated heterocycles. The van der Waals surface area contributed by atoms with E-state index in [0.717, 1.165) is 11.1 Å². The Labute approximate surface area is 198 Å². The molecule has 4 aromatic rings. The first-order valence-corrected chi connectivity index (χ1v) is 12.0. The SMILES string of the molecule is C=CCn1c(SC(C)C(=O)Nc2ccccc2Cl)nc2scc(-c3ccccc3)c2c1=O. The second kappa shape index (κ2) is 9.73. The summed E-state index contributed by atoms with van der Waals surface area (Å²) in [6.45, 7) is 5.85. The molecule has 0 radical (unpaired) electrons. The summed E-state index contributed by atoms with van der Waals surface area (Å²) in [6, 6.07) is 16.8. The first kappa shape index (κ1) is 22.3. The molecular formula is C24H20ClN3O2S2. The normalized spacial score (nSPS) is 11.9.